The summed E-state index contributed by atoms with van der Waals surface area (Å²) >= 11 is 0. The first-order chi connectivity index (χ1) is 16.7. The molecule has 4 aromatic rings. The molecular weight excluding hydrogens is 456 g/mol. The Morgan fingerprint density at radius 3 is 2.57 bits per heavy atom. The molecule has 0 saturated carbocycles. The van der Waals surface area contributed by atoms with Crippen molar-refractivity contribution in [2.24, 2.45) is 0 Å². The number of aliphatic hydroxyl groups excluding tert-OH is 1. The minimum absolute atomic E-state index is 0.113. The first-order valence-electron chi connectivity index (χ1n) is 10.9. The first-order valence-corrected chi connectivity index (χ1v) is 10.9. The molecule has 5 rings (SSSR count). The Morgan fingerprint density at radius 2 is 1.91 bits per heavy atom. The predicted molar refractivity (Wildman–Crippen MR) is 122 cm³/mol. The van der Waals surface area contributed by atoms with Crippen LogP contribution >= 0.6 is 0 Å². The molecule has 8 nitrogen and oxygen atoms in total. The van der Waals surface area contributed by atoms with E-state index in [4.69, 9.17) is 4.74 Å². The molecule has 0 spiro atoms. The molecule has 3 heterocycles. The fourth-order valence-corrected chi connectivity index (χ4v) is 4.50. The zero-order chi connectivity index (χ0) is 24.9. The van der Waals surface area contributed by atoms with Gasteiger partial charge in [0.05, 0.1) is 28.7 Å². The summed E-state index contributed by atoms with van der Waals surface area (Å²) in [6.07, 6.45) is 2.42. The van der Waals surface area contributed by atoms with Crippen LogP contribution in [0.15, 0.2) is 48.8 Å². The van der Waals surface area contributed by atoms with Gasteiger partial charge in [0.1, 0.15) is 23.3 Å². The normalized spacial score (nSPS) is 17.5. The maximum absolute atomic E-state index is 13.1. The van der Waals surface area contributed by atoms with Crippen molar-refractivity contribution in [3.8, 4) is 22.9 Å². The number of rotatable bonds is 5. The summed E-state index contributed by atoms with van der Waals surface area (Å²) in [4.78, 5) is 13.1. The lowest BCUT2D eigenvalue weighted by atomic mass is 9.97. The van der Waals surface area contributed by atoms with Crippen LogP contribution in [0.25, 0.3) is 22.2 Å². The van der Waals surface area contributed by atoms with Gasteiger partial charge in [-0.05, 0) is 43.7 Å². The second kappa shape index (κ2) is 8.37. The second-order valence-electron chi connectivity index (χ2n) is 8.87. The van der Waals surface area contributed by atoms with Crippen molar-refractivity contribution in [1.29, 1.82) is 5.26 Å². The standard InChI is InChI=1S/C25H21F2N5O3/c1-25(2,34)23-29-11-15(12-30-23)13-6-7-16-17(8-13)32-18(9-19(33)22(32)31-16)21-14(10-28)4-3-5-20(21)35-24(26)27/h3-8,11-12,18-19,24,33-34H,9H2,1-2H3/t18-,19-/m1/s1. The largest absolute Gasteiger partial charge is 0.434 e. The van der Waals surface area contributed by atoms with Gasteiger partial charge in [-0.25, -0.2) is 15.0 Å². The quantitative estimate of drug-likeness (QED) is 0.442. The van der Waals surface area contributed by atoms with Crippen LogP contribution in [0.4, 0.5) is 8.78 Å². The Labute approximate surface area is 199 Å². The lowest BCUT2D eigenvalue weighted by Crippen LogP contribution is -2.19. The van der Waals surface area contributed by atoms with Gasteiger partial charge in [0.15, 0.2) is 5.82 Å². The van der Waals surface area contributed by atoms with E-state index in [0.717, 1.165) is 5.56 Å². The van der Waals surface area contributed by atoms with Crippen LogP contribution in [0.5, 0.6) is 5.75 Å². The van der Waals surface area contributed by atoms with Crippen molar-refractivity contribution in [3.05, 3.63) is 71.6 Å². The third-order valence-electron chi connectivity index (χ3n) is 6.04. The molecule has 2 atom stereocenters. The molecule has 10 heteroatoms. The third-order valence-corrected chi connectivity index (χ3v) is 6.04. The number of hydrogen-bond acceptors (Lipinski definition) is 7. The van der Waals surface area contributed by atoms with E-state index in [0.29, 0.717) is 22.4 Å². The summed E-state index contributed by atoms with van der Waals surface area (Å²) in [5, 5.41) is 30.5. The van der Waals surface area contributed by atoms with Gasteiger partial charge in [0, 0.05) is 29.9 Å². The molecule has 35 heavy (non-hydrogen) atoms. The maximum atomic E-state index is 13.1. The molecule has 178 valence electrons. The van der Waals surface area contributed by atoms with Crippen molar-refractivity contribution in [3.63, 3.8) is 0 Å². The summed E-state index contributed by atoms with van der Waals surface area (Å²) < 4.78 is 32.8. The molecule has 0 amide bonds. The number of halogens is 2. The maximum Gasteiger partial charge on any atom is 0.387 e. The molecule has 2 aromatic carbocycles. The zero-order valence-electron chi connectivity index (χ0n) is 18.9. The van der Waals surface area contributed by atoms with E-state index in [1.54, 1.807) is 36.9 Å². The SMILES string of the molecule is CC(C)(O)c1ncc(-c2ccc3nc4n(c3c2)[C@@H](c2c(C#N)cccc2OC(F)F)C[C@H]4O)cn1. The van der Waals surface area contributed by atoms with Crippen LogP contribution in [0.2, 0.25) is 0 Å². The van der Waals surface area contributed by atoms with Crippen molar-refractivity contribution in [2.75, 3.05) is 0 Å². The summed E-state index contributed by atoms with van der Waals surface area (Å²) in [6.45, 7) is 0.131. The number of nitrogens with zero attached hydrogens (tertiary/aromatic N) is 5. The average molecular weight is 477 g/mol. The van der Waals surface area contributed by atoms with Crippen molar-refractivity contribution < 1.29 is 23.7 Å². The number of aromatic nitrogens is 4. The number of nitriles is 1. The molecule has 0 bridgehead atoms. The Hall–Kier alpha value is -3.94. The van der Waals surface area contributed by atoms with Crippen LogP contribution in [0, 0.1) is 11.3 Å². The van der Waals surface area contributed by atoms with E-state index >= 15 is 0 Å². The number of hydrogen-bond donors (Lipinski definition) is 2. The van der Waals surface area contributed by atoms with E-state index in [1.165, 1.54) is 18.2 Å². The van der Waals surface area contributed by atoms with E-state index in [2.05, 4.69) is 15.0 Å². The minimum Gasteiger partial charge on any atom is -0.434 e. The molecular formula is C25H21F2N5O3. The van der Waals surface area contributed by atoms with Crippen molar-refractivity contribution >= 4 is 11.0 Å². The van der Waals surface area contributed by atoms with Gasteiger partial charge in [0.2, 0.25) is 0 Å². The van der Waals surface area contributed by atoms with Gasteiger partial charge >= 0.3 is 6.61 Å². The Kier molecular flexibility index (Phi) is 5.46. The summed E-state index contributed by atoms with van der Waals surface area (Å²) in [7, 11) is 0. The summed E-state index contributed by atoms with van der Waals surface area (Å²) in [5.41, 5.74) is 2.00. The molecule has 0 fully saturated rings. The fourth-order valence-electron chi connectivity index (χ4n) is 4.50. The van der Waals surface area contributed by atoms with Gasteiger partial charge in [0.25, 0.3) is 0 Å². The van der Waals surface area contributed by atoms with Crippen LogP contribution < -0.4 is 4.74 Å². The van der Waals surface area contributed by atoms with Crippen LogP contribution in [-0.2, 0) is 5.60 Å². The topological polar surface area (TPSA) is 117 Å². The van der Waals surface area contributed by atoms with Crippen LogP contribution in [-0.4, -0.2) is 36.3 Å². The number of fused-ring (bicyclic) bond motifs is 3. The van der Waals surface area contributed by atoms with Gasteiger partial charge in [-0.15, -0.1) is 0 Å². The average Bonchev–Trinajstić information content (AvgIpc) is 3.35. The number of ether oxygens (including phenoxy) is 1. The number of alkyl halides is 2. The van der Waals surface area contributed by atoms with E-state index in [1.807, 2.05) is 18.2 Å². The number of aliphatic hydroxyl groups is 2. The molecule has 1 aliphatic heterocycles. The molecule has 2 aromatic heterocycles. The highest BCUT2D eigenvalue weighted by molar-refractivity contribution is 5.83. The highest BCUT2D eigenvalue weighted by Crippen LogP contribution is 2.45. The predicted octanol–water partition coefficient (Wildman–Crippen LogP) is 4.22. The molecule has 0 unspecified atom stereocenters. The van der Waals surface area contributed by atoms with E-state index in [9.17, 15) is 24.3 Å². The molecule has 2 N–H and O–H groups in total. The third kappa shape index (κ3) is 3.99. The van der Waals surface area contributed by atoms with E-state index < -0.39 is 24.4 Å². The first kappa shape index (κ1) is 22.8. The Bertz CT molecular complexity index is 1460. The lowest BCUT2D eigenvalue weighted by Gasteiger charge is -2.20. The minimum atomic E-state index is -3.06. The number of benzene rings is 2. The summed E-state index contributed by atoms with van der Waals surface area (Å²) in [5.74, 6) is 0.555. The van der Waals surface area contributed by atoms with E-state index in [-0.39, 0.29) is 29.1 Å². The van der Waals surface area contributed by atoms with Crippen LogP contribution in [0.1, 0.15) is 55.2 Å². The van der Waals surface area contributed by atoms with Gasteiger partial charge in [-0.1, -0.05) is 12.1 Å². The van der Waals surface area contributed by atoms with Crippen LogP contribution in [0.3, 0.4) is 0 Å². The number of imidazole rings is 1. The van der Waals surface area contributed by atoms with Gasteiger partial charge in [-0.3, -0.25) is 0 Å². The molecule has 1 aliphatic rings. The second-order valence-corrected chi connectivity index (χ2v) is 8.87. The van der Waals surface area contributed by atoms with Crippen molar-refractivity contribution in [1.82, 2.24) is 19.5 Å². The fraction of sp³-hybridized carbons (Fsp3) is 0.280. The monoisotopic (exact) mass is 477 g/mol. The van der Waals surface area contributed by atoms with Gasteiger partial charge in [-0.2, -0.15) is 14.0 Å². The Morgan fingerprint density at radius 1 is 1.17 bits per heavy atom. The molecule has 0 radical (unpaired) electrons. The Balaban J connectivity index is 1.65. The highest BCUT2D eigenvalue weighted by Gasteiger charge is 2.37. The molecule has 0 saturated heterocycles. The zero-order valence-corrected chi connectivity index (χ0v) is 18.9. The highest BCUT2D eigenvalue weighted by atomic mass is 19.3. The van der Waals surface area contributed by atoms with Crippen molar-refractivity contribution in [2.45, 2.75) is 44.6 Å². The summed E-state index contributed by atoms with van der Waals surface area (Å²) in [6, 6.07) is 11.3. The molecule has 0 aliphatic carbocycles. The van der Waals surface area contributed by atoms with Gasteiger partial charge < -0.3 is 19.5 Å². The lowest BCUT2D eigenvalue weighted by molar-refractivity contribution is -0.0507. The smallest absolute Gasteiger partial charge is 0.387 e.